The second-order valence-corrected chi connectivity index (χ2v) is 10.3. The molecular weight excluding hydrogens is 512 g/mol. The third kappa shape index (κ3) is 7.24. The average Bonchev–Trinajstić information content (AvgIpc) is 3.38. The van der Waals surface area contributed by atoms with E-state index in [9.17, 15) is 24.6 Å². The number of carboxylic acid groups (broad SMARTS) is 1. The first kappa shape index (κ1) is 32.9. The molecular formula is C31H46N2O7. The monoisotopic (exact) mass is 558 g/mol. The minimum atomic E-state index is -1.29. The van der Waals surface area contributed by atoms with Gasteiger partial charge in [-0.15, -0.1) is 0 Å². The Balaban J connectivity index is 2.41. The summed E-state index contributed by atoms with van der Waals surface area (Å²) in [6.45, 7) is 13.1. The Kier molecular flexibility index (Phi) is 11.8. The van der Waals surface area contributed by atoms with Crippen LogP contribution in [0.25, 0.3) is 0 Å². The maximum atomic E-state index is 13.2. The molecule has 0 saturated heterocycles. The molecule has 0 spiro atoms. The molecule has 2 rings (SSSR count). The van der Waals surface area contributed by atoms with Gasteiger partial charge in [0, 0.05) is 24.1 Å². The number of aliphatic hydroxyl groups is 1. The first-order chi connectivity index (χ1) is 18.9. The van der Waals surface area contributed by atoms with E-state index in [0.29, 0.717) is 38.1 Å². The van der Waals surface area contributed by atoms with Gasteiger partial charge in [-0.3, -0.25) is 9.59 Å². The summed E-state index contributed by atoms with van der Waals surface area (Å²) in [5.74, 6) is -1.79. The highest BCUT2D eigenvalue weighted by atomic mass is 16.5. The average molecular weight is 559 g/mol. The molecule has 1 heterocycles. The Morgan fingerprint density at radius 1 is 1.00 bits per heavy atom. The van der Waals surface area contributed by atoms with Crippen molar-refractivity contribution in [1.29, 1.82) is 0 Å². The first-order valence-corrected chi connectivity index (χ1v) is 14.2. The zero-order chi connectivity index (χ0) is 30.1. The Labute approximate surface area is 237 Å². The fourth-order valence-electron chi connectivity index (χ4n) is 5.40. The molecule has 3 N–H and O–H groups in total. The molecule has 40 heavy (non-hydrogen) atoms. The highest BCUT2D eigenvalue weighted by Gasteiger charge is 2.36. The highest BCUT2D eigenvalue weighted by molar-refractivity contribution is 5.96. The molecule has 0 aliphatic heterocycles. The summed E-state index contributed by atoms with van der Waals surface area (Å²) in [5.41, 5.74) is 2.28. The molecule has 1 unspecified atom stereocenters. The molecule has 1 aromatic carbocycles. The lowest BCUT2D eigenvalue weighted by atomic mass is 9.72. The molecule has 0 aliphatic rings. The van der Waals surface area contributed by atoms with Crippen LogP contribution in [-0.4, -0.2) is 58.0 Å². The van der Waals surface area contributed by atoms with Gasteiger partial charge in [-0.05, 0) is 68.9 Å². The van der Waals surface area contributed by atoms with Crippen LogP contribution in [0.3, 0.4) is 0 Å². The number of amides is 1. The molecule has 0 radical (unpaired) electrons. The zero-order valence-electron chi connectivity index (χ0n) is 25.0. The number of ether oxygens (including phenoxy) is 2. The number of nitrogens with one attached hydrogen (secondary N) is 1. The van der Waals surface area contributed by atoms with Crippen molar-refractivity contribution in [3.05, 3.63) is 52.8 Å². The van der Waals surface area contributed by atoms with Gasteiger partial charge in [0.1, 0.15) is 17.5 Å². The lowest BCUT2D eigenvalue weighted by molar-refractivity contribution is -0.147. The maximum Gasteiger partial charge on any atom is 0.328 e. The Morgan fingerprint density at radius 2 is 1.65 bits per heavy atom. The van der Waals surface area contributed by atoms with Crippen molar-refractivity contribution in [2.24, 2.45) is 0 Å². The number of hydrogen-bond acceptors (Lipinski definition) is 6. The minimum Gasteiger partial charge on any atom is -0.493 e. The lowest BCUT2D eigenvalue weighted by Crippen LogP contribution is -2.43. The van der Waals surface area contributed by atoms with E-state index in [-0.39, 0.29) is 0 Å². The number of carboxylic acids is 1. The number of carbonyl (C=O) groups excluding carboxylic acids is 2. The topological polar surface area (TPSA) is 127 Å². The molecule has 0 bridgehead atoms. The summed E-state index contributed by atoms with van der Waals surface area (Å²) < 4.78 is 12.7. The molecule has 9 heteroatoms. The predicted octanol–water partition coefficient (Wildman–Crippen LogP) is 4.99. The standard InChI is InChI=1S/C31H46N2O7/c1-8-30(38,9-2)17-18-40-25-15-13-22(19-21(25)6)31(10-3,11-4)26-16-14-24(33(26)12-5)28(36)32-23(20-27(34)35)29(37)39-7/h13-16,19,23,38H,8-12,17-18,20H2,1-7H3,(H,32,36)(H,34,35). The van der Waals surface area contributed by atoms with Crippen molar-refractivity contribution >= 4 is 17.8 Å². The normalized spacial score (nSPS) is 12.6. The summed E-state index contributed by atoms with van der Waals surface area (Å²) in [4.78, 5) is 36.6. The van der Waals surface area contributed by atoms with Crippen LogP contribution < -0.4 is 10.1 Å². The SMILES string of the molecule is CCn1c(C(=O)NC(CC(=O)O)C(=O)OC)ccc1C(CC)(CC)c1ccc(OCCC(O)(CC)CC)c(C)c1. The predicted molar refractivity (Wildman–Crippen MR) is 154 cm³/mol. The van der Waals surface area contributed by atoms with Gasteiger partial charge in [0.25, 0.3) is 5.91 Å². The Bertz CT molecular complexity index is 1160. The van der Waals surface area contributed by atoms with Crippen molar-refractivity contribution in [3.8, 4) is 5.75 Å². The highest BCUT2D eigenvalue weighted by Crippen LogP contribution is 2.41. The van der Waals surface area contributed by atoms with Crippen molar-refractivity contribution in [3.63, 3.8) is 0 Å². The molecule has 0 saturated carbocycles. The minimum absolute atomic E-state index is 0.346. The van der Waals surface area contributed by atoms with E-state index >= 15 is 0 Å². The van der Waals surface area contributed by atoms with Gasteiger partial charge in [-0.2, -0.15) is 0 Å². The van der Waals surface area contributed by atoms with Crippen LogP contribution in [0.4, 0.5) is 0 Å². The molecule has 222 valence electrons. The molecule has 2 aromatic rings. The molecule has 1 amide bonds. The second-order valence-electron chi connectivity index (χ2n) is 10.3. The van der Waals surface area contributed by atoms with E-state index in [1.807, 2.05) is 44.4 Å². The summed E-state index contributed by atoms with van der Waals surface area (Å²) in [6.07, 6.45) is 2.90. The van der Waals surface area contributed by atoms with Gasteiger partial charge < -0.3 is 29.6 Å². The van der Waals surface area contributed by atoms with E-state index in [1.165, 1.54) is 0 Å². The summed E-state index contributed by atoms with van der Waals surface area (Å²) in [5, 5.41) is 22.3. The number of aryl methyl sites for hydroxylation is 1. The number of rotatable bonds is 16. The van der Waals surface area contributed by atoms with E-state index in [1.54, 1.807) is 6.07 Å². The molecule has 1 atom stereocenters. The second kappa shape index (κ2) is 14.3. The van der Waals surface area contributed by atoms with Gasteiger partial charge in [0.05, 0.1) is 25.7 Å². The molecule has 0 fully saturated rings. The van der Waals surface area contributed by atoms with Gasteiger partial charge in [-0.1, -0.05) is 39.8 Å². The third-order valence-corrected chi connectivity index (χ3v) is 8.27. The van der Waals surface area contributed by atoms with Gasteiger partial charge >= 0.3 is 11.9 Å². The fraction of sp³-hybridized carbons (Fsp3) is 0.581. The number of hydrogen-bond donors (Lipinski definition) is 3. The number of methoxy groups -OCH3 is 1. The fourth-order valence-corrected chi connectivity index (χ4v) is 5.40. The van der Waals surface area contributed by atoms with Crippen LogP contribution in [-0.2, 0) is 26.3 Å². The van der Waals surface area contributed by atoms with Crippen LogP contribution >= 0.6 is 0 Å². The van der Waals surface area contributed by atoms with Crippen molar-refractivity contribution < 1.29 is 34.1 Å². The molecule has 1 aromatic heterocycles. The molecule has 0 aliphatic carbocycles. The van der Waals surface area contributed by atoms with Crippen LogP contribution in [0.5, 0.6) is 5.75 Å². The van der Waals surface area contributed by atoms with E-state index < -0.39 is 41.3 Å². The zero-order valence-corrected chi connectivity index (χ0v) is 25.0. The smallest absolute Gasteiger partial charge is 0.328 e. The van der Waals surface area contributed by atoms with Gasteiger partial charge in [0.2, 0.25) is 0 Å². The number of benzene rings is 1. The van der Waals surface area contributed by atoms with E-state index in [2.05, 4.69) is 36.0 Å². The Morgan fingerprint density at radius 3 is 2.15 bits per heavy atom. The number of nitrogens with zero attached hydrogens (tertiary/aromatic N) is 1. The summed E-state index contributed by atoms with van der Waals surface area (Å²) in [6, 6.07) is 8.53. The van der Waals surface area contributed by atoms with E-state index in [4.69, 9.17) is 4.74 Å². The molecule has 9 nitrogen and oxygen atoms in total. The van der Waals surface area contributed by atoms with Gasteiger partial charge in [-0.25, -0.2) is 4.79 Å². The number of carbonyl (C=O) groups is 3. The van der Waals surface area contributed by atoms with Gasteiger partial charge in [0.15, 0.2) is 0 Å². The largest absolute Gasteiger partial charge is 0.493 e. The summed E-state index contributed by atoms with van der Waals surface area (Å²) in [7, 11) is 1.15. The first-order valence-electron chi connectivity index (χ1n) is 14.2. The third-order valence-electron chi connectivity index (χ3n) is 8.27. The summed E-state index contributed by atoms with van der Waals surface area (Å²) >= 11 is 0. The maximum absolute atomic E-state index is 13.2. The van der Waals surface area contributed by atoms with Crippen molar-refractivity contribution in [2.45, 2.75) is 104 Å². The van der Waals surface area contributed by atoms with Crippen LogP contribution in [0.15, 0.2) is 30.3 Å². The van der Waals surface area contributed by atoms with Crippen molar-refractivity contribution in [1.82, 2.24) is 9.88 Å². The number of aromatic nitrogens is 1. The number of esters is 1. The van der Waals surface area contributed by atoms with Crippen LogP contribution in [0.2, 0.25) is 0 Å². The quantitative estimate of drug-likeness (QED) is 0.248. The van der Waals surface area contributed by atoms with Crippen LogP contribution in [0, 0.1) is 6.92 Å². The van der Waals surface area contributed by atoms with Crippen molar-refractivity contribution in [2.75, 3.05) is 13.7 Å². The Hall–Kier alpha value is -3.33. The lowest BCUT2D eigenvalue weighted by Gasteiger charge is -2.35. The number of aliphatic carboxylic acids is 1. The van der Waals surface area contributed by atoms with E-state index in [0.717, 1.165) is 42.5 Å². The van der Waals surface area contributed by atoms with Crippen LogP contribution in [0.1, 0.15) is 100 Å².